The van der Waals surface area contributed by atoms with Crippen molar-refractivity contribution in [3.63, 3.8) is 0 Å². The third kappa shape index (κ3) is 10.0. The lowest BCUT2D eigenvalue weighted by molar-refractivity contribution is -0.139. The highest BCUT2D eigenvalue weighted by atomic mass is 19.4. The number of imide groups is 2. The van der Waals surface area contributed by atoms with Crippen molar-refractivity contribution in [2.75, 3.05) is 66.1 Å². The molecule has 15 nitrogen and oxygen atoms in total. The Hall–Kier alpha value is -5.95. The van der Waals surface area contributed by atoms with Gasteiger partial charge in [-0.1, -0.05) is 12.1 Å². The van der Waals surface area contributed by atoms with E-state index in [2.05, 4.69) is 15.3 Å². The molecule has 2 aromatic carbocycles. The smallest absolute Gasteiger partial charge is 0.406 e. The second-order valence-electron chi connectivity index (χ2n) is 13.5. The number of rotatable bonds is 20. The normalized spacial score (nSPS) is 15.6. The highest BCUT2D eigenvalue weighted by molar-refractivity contribution is 6.23. The largest absolute Gasteiger partial charge is 0.491 e. The molecule has 59 heavy (non-hydrogen) atoms. The van der Waals surface area contributed by atoms with Gasteiger partial charge in [-0.05, 0) is 48.4 Å². The number of nitrogens with zero attached hydrogens (tertiary/aromatic N) is 4. The first-order valence-corrected chi connectivity index (χ1v) is 18.9. The molecule has 1 saturated heterocycles. The first-order chi connectivity index (χ1) is 28.6. The number of benzene rings is 2. The van der Waals surface area contributed by atoms with Crippen molar-refractivity contribution in [2.24, 2.45) is 0 Å². The predicted octanol–water partition coefficient (Wildman–Crippen LogP) is 4.74. The predicted molar refractivity (Wildman–Crippen MR) is 204 cm³/mol. The van der Waals surface area contributed by atoms with Crippen molar-refractivity contribution >= 4 is 45.4 Å². The van der Waals surface area contributed by atoms with E-state index in [1.165, 1.54) is 22.9 Å². The van der Waals surface area contributed by atoms with Gasteiger partial charge < -0.3 is 33.0 Å². The van der Waals surface area contributed by atoms with Crippen LogP contribution in [0.15, 0.2) is 73.2 Å². The Labute approximate surface area is 335 Å². The van der Waals surface area contributed by atoms with Gasteiger partial charge in [0.2, 0.25) is 17.7 Å². The Bertz CT molecular complexity index is 2320. The average molecular weight is 820 g/mol. The van der Waals surface area contributed by atoms with E-state index in [1.807, 2.05) is 6.07 Å². The summed E-state index contributed by atoms with van der Waals surface area (Å²) in [5.74, 6) is -1.53. The fourth-order valence-corrected chi connectivity index (χ4v) is 6.83. The molecule has 1 fully saturated rings. The maximum atomic E-state index is 13.4. The molecule has 0 radical (unpaired) electrons. The van der Waals surface area contributed by atoms with Crippen LogP contribution < -0.4 is 14.8 Å². The minimum atomic E-state index is -4.38. The maximum absolute atomic E-state index is 13.4. The summed E-state index contributed by atoms with van der Waals surface area (Å²) in [6.45, 7) is 2.04. The average Bonchev–Trinajstić information content (AvgIpc) is 3.65. The second kappa shape index (κ2) is 18.8. The van der Waals surface area contributed by atoms with Gasteiger partial charge in [0.1, 0.15) is 31.5 Å². The van der Waals surface area contributed by atoms with Crippen molar-refractivity contribution < 1.29 is 60.8 Å². The number of hydrogen-bond acceptors (Lipinski definition) is 12. The topological polar surface area (TPSA) is 170 Å². The molecule has 0 spiro atoms. The van der Waals surface area contributed by atoms with Gasteiger partial charge >= 0.3 is 6.18 Å². The Balaban J connectivity index is 0.713. The number of aromatic nitrogens is 3. The summed E-state index contributed by atoms with van der Waals surface area (Å²) >= 11 is 0. The monoisotopic (exact) mass is 819 g/mol. The summed E-state index contributed by atoms with van der Waals surface area (Å²) in [4.78, 5) is 58.8. The van der Waals surface area contributed by atoms with Gasteiger partial charge in [-0.2, -0.15) is 13.2 Å². The highest BCUT2D eigenvalue weighted by Gasteiger charge is 2.44. The molecular weight excluding hydrogens is 779 g/mol. The van der Waals surface area contributed by atoms with Crippen LogP contribution in [0.25, 0.3) is 32.9 Å². The summed E-state index contributed by atoms with van der Waals surface area (Å²) in [6.07, 6.45) is 0.418. The van der Waals surface area contributed by atoms with Crippen LogP contribution in [0.1, 0.15) is 33.6 Å². The summed E-state index contributed by atoms with van der Waals surface area (Å²) in [5.41, 5.74) is 2.69. The number of alkyl halides is 3. The number of halogens is 3. The lowest BCUT2D eigenvalue weighted by atomic mass is 10.0. The van der Waals surface area contributed by atoms with Gasteiger partial charge in [-0.25, -0.2) is 4.98 Å². The Morgan fingerprint density at radius 1 is 0.678 bits per heavy atom. The van der Waals surface area contributed by atoms with Crippen LogP contribution >= 0.6 is 0 Å². The number of carbonyl (C=O) groups is 4. The van der Waals surface area contributed by atoms with Gasteiger partial charge in [-0.15, -0.1) is 0 Å². The molecular formula is C41H40F3N5O10. The molecule has 5 heterocycles. The second-order valence-corrected chi connectivity index (χ2v) is 13.5. The van der Waals surface area contributed by atoms with Crippen molar-refractivity contribution in [3.8, 4) is 22.8 Å². The van der Waals surface area contributed by atoms with Gasteiger partial charge in [0.05, 0.1) is 75.0 Å². The van der Waals surface area contributed by atoms with Crippen LogP contribution in [0.4, 0.5) is 13.2 Å². The van der Waals surface area contributed by atoms with Crippen LogP contribution in [0.2, 0.25) is 0 Å². The Morgan fingerprint density at radius 3 is 2.00 bits per heavy atom. The van der Waals surface area contributed by atoms with Gasteiger partial charge in [-0.3, -0.25) is 34.4 Å². The molecule has 1 atom stereocenters. The molecule has 0 bridgehead atoms. The standard InChI is InChI=1S/C41H40F3N5O10/c42-41(43,44)25-48-33-9-10-45-24-32(33)29-4-1-26(21-35(29)48)27-2-8-37(46-23-27)59-20-18-57-16-14-55-12-11-54-13-15-56-17-19-58-28-3-5-30-31(22-28)40(53)49(39(30)52)34-6-7-36(50)47-38(34)51/h1-5,8-10,21-24,34H,6-7,11-20,25H2,(H,47,50,51). The molecule has 0 aliphatic carbocycles. The number of hydrogen-bond donors (Lipinski definition) is 1. The lowest BCUT2D eigenvalue weighted by Crippen LogP contribution is -2.54. The molecule has 3 aromatic heterocycles. The summed E-state index contributed by atoms with van der Waals surface area (Å²) in [7, 11) is 0. The SMILES string of the molecule is O=C1CCC(N2C(=O)c3ccc(OCCOCCOCCOCCOCCOc4ccc(-c5ccc6c7cnccc7n(CC(F)(F)F)c6c5)cn4)cc3C2=O)C(=O)N1. The molecule has 5 aromatic rings. The highest BCUT2D eigenvalue weighted by Crippen LogP contribution is 2.35. The Morgan fingerprint density at radius 2 is 1.34 bits per heavy atom. The molecule has 2 aliphatic heterocycles. The maximum Gasteiger partial charge on any atom is 0.406 e. The van der Waals surface area contributed by atoms with Gasteiger partial charge in [0.15, 0.2) is 0 Å². The molecule has 310 valence electrons. The summed E-state index contributed by atoms with van der Waals surface area (Å²) < 4.78 is 75.0. The third-order valence-corrected chi connectivity index (χ3v) is 9.58. The molecule has 18 heteroatoms. The van der Waals surface area contributed by atoms with Crippen LogP contribution in [0.3, 0.4) is 0 Å². The van der Waals surface area contributed by atoms with Crippen LogP contribution in [0.5, 0.6) is 11.6 Å². The number of piperidine rings is 1. The van der Waals surface area contributed by atoms with Gasteiger partial charge in [0, 0.05) is 47.4 Å². The number of fused-ring (bicyclic) bond motifs is 4. The minimum absolute atomic E-state index is 0.0464. The molecule has 2 aliphatic rings. The molecule has 1 N–H and O–H groups in total. The summed E-state index contributed by atoms with van der Waals surface area (Å²) in [5, 5.41) is 3.52. The van der Waals surface area contributed by atoms with Crippen molar-refractivity contribution in [2.45, 2.75) is 31.6 Å². The van der Waals surface area contributed by atoms with E-state index in [9.17, 15) is 32.3 Å². The number of amides is 4. The molecule has 7 rings (SSSR count). The van der Waals surface area contributed by atoms with Crippen molar-refractivity contribution in [3.05, 3.63) is 84.3 Å². The zero-order valence-electron chi connectivity index (χ0n) is 31.7. The molecule has 1 unspecified atom stereocenters. The first kappa shape index (κ1) is 41.2. The van der Waals surface area contributed by atoms with Crippen LogP contribution in [-0.4, -0.2) is 121 Å². The van der Waals surface area contributed by atoms with E-state index in [1.54, 1.807) is 48.8 Å². The van der Waals surface area contributed by atoms with E-state index in [0.717, 1.165) is 16.0 Å². The number of nitrogens with one attached hydrogen (secondary N) is 1. The van der Waals surface area contributed by atoms with Crippen LogP contribution in [0, 0.1) is 0 Å². The quantitative estimate of drug-likeness (QED) is 0.0847. The number of ether oxygens (including phenoxy) is 6. The van der Waals surface area contributed by atoms with Crippen molar-refractivity contribution in [1.82, 2.24) is 24.8 Å². The Kier molecular flexibility index (Phi) is 13.1. The summed E-state index contributed by atoms with van der Waals surface area (Å²) in [6, 6.07) is 13.9. The molecule has 0 saturated carbocycles. The fourth-order valence-electron chi connectivity index (χ4n) is 6.83. The fraction of sp³-hybridized carbons (Fsp3) is 0.366. The third-order valence-electron chi connectivity index (χ3n) is 9.58. The van der Waals surface area contributed by atoms with E-state index in [-0.39, 0.29) is 43.8 Å². The van der Waals surface area contributed by atoms with Crippen LogP contribution in [-0.2, 0) is 35.1 Å². The zero-order chi connectivity index (χ0) is 41.4. The van der Waals surface area contributed by atoms with Crippen molar-refractivity contribution in [1.29, 1.82) is 0 Å². The van der Waals surface area contributed by atoms with E-state index >= 15 is 0 Å². The van der Waals surface area contributed by atoms with E-state index in [4.69, 9.17) is 28.4 Å². The zero-order valence-corrected chi connectivity index (χ0v) is 31.7. The minimum Gasteiger partial charge on any atom is -0.491 e. The first-order valence-electron chi connectivity index (χ1n) is 18.9. The van der Waals surface area contributed by atoms with Gasteiger partial charge in [0.25, 0.3) is 11.8 Å². The van der Waals surface area contributed by atoms with E-state index in [0.29, 0.717) is 79.7 Å². The van der Waals surface area contributed by atoms with E-state index < -0.39 is 42.4 Å². The molecule has 4 amide bonds. The number of pyridine rings is 2. The number of carbonyl (C=O) groups excluding carboxylic acids is 4. The lowest BCUT2D eigenvalue weighted by Gasteiger charge is -2.27.